The highest BCUT2D eigenvalue weighted by Gasteiger charge is 2.17. The molecule has 0 aliphatic heterocycles. The fraction of sp³-hybridized carbons (Fsp3) is 0.200. The second kappa shape index (κ2) is 5.75. The minimum absolute atomic E-state index is 0.0136. The minimum atomic E-state index is -3.77. The standard InChI is InChI=1S/C10H11N5O4S/c16-10(17)7-15-6-9(5-12-15)20(18,19)13-4-8-2-1-3-11-14-8/h1-3,5-6,13H,4,7H2,(H,16,17). The summed E-state index contributed by atoms with van der Waals surface area (Å²) in [4.78, 5) is 10.4. The highest BCUT2D eigenvalue weighted by atomic mass is 32.2. The summed E-state index contributed by atoms with van der Waals surface area (Å²) in [5.41, 5.74) is 0.467. The number of carbonyl (C=O) groups is 1. The van der Waals surface area contributed by atoms with Crippen molar-refractivity contribution in [2.24, 2.45) is 0 Å². The van der Waals surface area contributed by atoms with E-state index in [9.17, 15) is 13.2 Å². The van der Waals surface area contributed by atoms with E-state index in [1.165, 1.54) is 6.20 Å². The number of aromatic nitrogens is 4. The summed E-state index contributed by atoms with van der Waals surface area (Å²) in [6.07, 6.45) is 3.71. The average molecular weight is 297 g/mol. The van der Waals surface area contributed by atoms with Gasteiger partial charge in [-0.3, -0.25) is 9.48 Å². The Labute approximate surface area is 114 Å². The lowest BCUT2D eigenvalue weighted by atomic mass is 10.4. The quantitative estimate of drug-likeness (QED) is 0.717. The summed E-state index contributed by atoms with van der Waals surface area (Å²) >= 11 is 0. The Morgan fingerprint density at radius 1 is 1.45 bits per heavy atom. The third-order valence-electron chi connectivity index (χ3n) is 2.29. The van der Waals surface area contributed by atoms with E-state index in [1.54, 1.807) is 12.1 Å². The lowest BCUT2D eigenvalue weighted by Gasteiger charge is -2.03. The molecule has 0 saturated heterocycles. The van der Waals surface area contributed by atoms with E-state index in [-0.39, 0.29) is 11.4 Å². The third kappa shape index (κ3) is 3.59. The first kappa shape index (κ1) is 14.1. The Hall–Kier alpha value is -2.33. The number of hydrogen-bond acceptors (Lipinski definition) is 6. The van der Waals surface area contributed by atoms with Crippen molar-refractivity contribution in [3.05, 3.63) is 36.4 Å². The summed E-state index contributed by atoms with van der Waals surface area (Å²) in [6, 6.07) is 3.27. The van der Waals surface area contributed by atoms with Crippen molar-refractivity contribution in [1.29, 1.82) is 0 Å². The lowest BCUT2D eigenvalue weighted by Crippen LogP contribution is -2.23. The van der Waals surface area contributed by atoms with E-state index in [1.807, 2.05) is 0 Å². The Morgan fingerprint density at radius 3 is 2.90 bits per heavy atom. The van der Waals surface area contributed by atoms with Crippen LogP contribution in [0.3, 0.4) is 0 Å². The van der Waals surface area contributed by atoms with Crippen molar-refractivity contribution in [2.45, 2.75) is 18.0 Å². The third-order valence-corrected chi connectivity index (χ3v) is 3.64. The molecule has 2 heterocycles. The molecule has 0 aromatic carbocycles. The van der Waals surface area contributed by atoms with Crippen LogP contribution in [0.15, 0.2) is 35.6 Å². The zero-order valence-electron chi connectivity index (χ0n) is 10.2. The van der Waals surface area contributed by atoms with Crippen molar-refractivity contribution >= 4 is 16.0 Å². The van der Waals surface area contributed by atoms with Crippen LogP contribution in [0, 0.1) is 0 Å². The molecule has 0 unspecified atom stereocenters. The predicted molar refractivity (Wildman–Crippen MR) is 65.9 cm³/mol. The second-order valence-electron chi connectivity index (χ2n) is 3.81. The highest BCUT2D eigenvalue weighted by molar-refractivity contribution is 7.89. The Bertz CT molecular complexity index is 697. The van der Waals surface area contributed by atoms with Crippen LogP contribution in [0.2, 0.25) is 0 Å². The number of nitrogens with one attached hydrogen (secondary N) is 1. The fourth-order valence-electron chi connectivity index (χ4n) is 1.39. The van der Waals surface area contributed by atoms with Crippen LogP contribution in [0.5, 0.6) is 0 Å². The molecule has 9 nitrogen and oxygen atoms in total. The Morgan fingerprint density at radius 2 is 2.25 bits per heavy atom. The van der Waals surface area contributed by atoms with Gasteiger partial charge in [0.2, 0.25) is 10.0 Å². The number of sulfonamides is 1. The van der Waals surface area contributed by atoms with Crippen molar-refractivity contribution < 1.29 is 18.3 Å². The van der Waals surface area contributed by atoms with Gasteiger partial charge in [0, 0.05) is 12.4 Å². The van der Waals surface area contributed by atoms with Gasteiger partial charge in [0.1, 0.15) is 11.4 Å². The van der Waals surface area contributed by atoms with Crippen LogP contribution in [0.1, 0.15) is 5.69 Å². The summed E-state index contributed by atoms with van der Waals surface area (Å²) < 4.78 is 27.2. The normalized spacial score (nSPS) is 11.4. The smallest absolute Gasteiger partial charge is 0.325 e. The molecule has 2 N–H and O–H groups in total. The molecule has 20 heavy (non-hydrogen) atoms. The minimum Gasteiger partial charge on any atom is -0.480 e. The van der Waals surface area contributed by atoms with Crippen molar-refractivity contribution in [2.75, 3.05) is 0 Å². The fourth-order valence-corrected chi connectivity index (χ4v) is 2.34. The highest BCUT2D eigenvalue weighted by Crippen LogP contribution is 2.07. The molecule has 2 aromatic rings. The molecule has 106 valence electrons. The van der Waals surface area contributed by atoms with Gasteiger partial charge in [0.25, 0.3) is 0 Å². The van der Waals surface area contributed by atoms with E-state index in [4.69, 9.17) is 5.11 Å². The Kier molecular flexibility index (Phi) is 4.05. The van der Waals surface area contributed by atoms with Gasteiger partial charge >= 0.3 is 5.97 Å². The molecule has 0 atom stereocenters. The van der Waals surface area contributed by atoms with Crippen LogP contribution in [-0.4, -0.2) is 39.5 Å². The Balaban J connectivity index is 2.06. The maximum absolute atomic E-state index is 11.9. The van der Waals surface area contributed by atoms with E-state index >= 15 is 0 Å². The van der Waals surface area contributed by atoms with Gasteiger partial charge in [-0.25, -0.2) is 13.1 Å². The van der Waals surface area contributed by atoms with Crippen LogP contribution in [0.25, 0.3) is 0 Å². The van der Waals surface area contributed by atoms with Gasteiger partial charge in [-0.2, -0.15) is 15.3 Å². The van der Waals surface area contributed by atoms with Crippen molar-refractivity contribution in [3.8, 4) is 0 Å². The molecular formula is C10H11N5O4S. The molecule has 0 bridgehead atoms. The molecule has 10 heteroatoms. The number of carboxylic acid groups (broad SMARTS) is 1. The van der Waals surface area contributed by atoms with Gasteiger partial charge in [-0.05, 0) is 12.1 Å². The molecule has 2 rings (SSSR count). The van der Waals surface area contributed by atoms with E-state index in [0.717, 1.165) is 17.1 Å². The average Bonchev–Trinajstić information content (AvgIpc) is 2.86. The first-order valence-electron chi connectivity index (χ1n) is 5.48. The van der Waals surface area contributed by atoms with Gasteiger partial charge in [-0.1, -0.05) is 0 Å². The van der Waals surface area contributed by atoms with Crippen LogP contribution >= 0.6 is 0 Å². The lowest BCUT2D eigenvalue weighted by molar-refractivity contribution is -0.137. The number of nitrogens with zero attached hydrogens (tertiary/aromatic N) is 4. The SMILES string of the molecule is O=C(O)Cn1cc(S(=O)(=O)NCc2cccnn2)cn1. The summed E-state index contributed by atoms with van der Waals surface area (Å²) in [7, 11) is -3.77. The maximum atomic E-state index is 11.9. The second-order valence-corrected chi connectivity index (χ2v) is 5.57. The van der Waals surface area contributed by atoms with Gasteiger partial charge < -0.3 is 5.11 Å². The molecule has 0 aliphatic rings. The van der Waals surface area contributed by atoms with E-state index < -0.39 is 22.5 Å². The molecule has 0 amide bonds. The largest absolute Gasteiger partial charge is 0.480 e. The number of carboxylic acids is 1. The van der Waals surface area contributed by atoms with Gasteiger partial charge in [0.05, 0.1) is 18.4 Å². The number of rotatable bonds is 6. The summed E-state index contributed by atoms with van der Waals surface area (Å²) in [5, 5.41) is 19.6. The predicted octanol–water partition coefficient (Wildman–Crippen LogP) is -0.764. The molecule has 0 saturated carbocycles. The van der Waals surface area contributed by atoms with Crippen molar-refractivity contribution in [1.82, 2.24) is 24.7 Å². The monoisotopic (exact) mass is 297 g/mol. The summed E-state index contributed by atoms with van der Waals surface area (Å²) in [5.74, 6) is -1.11. The maximum Gasteiger partial charge on any atom is 0.325 e. The van der Waals surface area contributed by atoms with Gasteiger partial charge in [0.15, 0.2) is 0 Å². The van der Waals surface area contributed by atoms with Crippen LogP contribution < -0.4 is 4.72 Å². The zero-order chi connectivity index (χ0) is 14.6. The molecule has 0 fully saturated rings. The van der Waals surface area contributed by atoms with E-state index in [2.05, 4.69) is 20.0 Å². The topological polar surface area (TPSA) is 127 Å². The number of aliphatic carboxylic acids is 1. The summed E-state index contributed by atoms with van der Waals surface area (Å²) in [6.45, 7) is -0.417. The van der Waals surface area contributed by atoms with E-state index in [0.29, 0.717) is 5.69 Å². The first-order chi connectivity index (χ1) is 9.47. The number of hydrogen-bond donors (Lipinski definition) is 2. The molecule has 0 radical (unpaired) electrons. The van der Waals surface area contributed by atoms with Crippen LogP contribution in [-0.2, 0) is 27.9 Å². The first-order valence-corrected chi connectivity index (χ1v) is 6.96. The van der Waals surface area contributed by atoms with Crippen molar-refractivity contribution in [3.63, 3.8) is 0 Å². The molecular weight excluding hydrogens is 286 g/mol. The van der Waals surface area contributed by atoms with Gasteiger partial charge in [-0.15, -0.1) is 0 Å². The molecule has 2 aromatic heterocycles. The molecule has 0 spiro atoms. The van der Waals surface area contributed by atoms with Crippen LogP contribution in [0.4, 0.5) is 0 Å². The zero-order valence-corrected chi connectivity index (χ0v) is 11.0. The molecule has 0 aliphatic carbocycles.